The molecule has 0 atom stereocenters. The molecular weight excluding hydrogens is 368 g/mol. The molecule has 1 aliphatic rings. The number of aromatic nitrogens is 2. The summed E-state index contributed by atoms with van der Waals surface area (Å²) in [7, 11) is 3.30. The van der Waals surface area contributed by atoms with Crippen molar-refractivity contribution < 1.29 is 9.47 Å². The minimum Gasteiger partial charge on any atom is -0.497 e. The zero-order chi connectivity index (χ0) is 20.2. The molecule has 0 unspecified atom stereocenters. The highest BCUT2D eigenvalue weighted by Crippen LogP contribution is 2.24. The largest absolute Gasteiger partial charge is 0.497 e. The van der Waals surface area contributed by atoms with Gasteiger partial charge in [-0.3, -0.25) is 9.78 Å². The quantitative estimate of drug-likeness (QED) is 0.720. The summed E-state index contributed by atoms with van der Waals surface area (Å²) in [5.74, 6) is 2.23. The zero-order valence-corrected chi connectivity index (χ0v) is 16.6. The molecule has 0 aliphatic carbocycles. The summed E-state index contributed by atoms with van der Waals surface area (Å²) in [5, 5.41) is 0. The van der Waals surface area contributed by atoms with E-state index in [9.17, 15) is 4.79 Å². The maximum Gasteiger partial charge on any atom is 0.252 e. The molecule has 7 heteroatoms. The van der Waals surface area contributed by atoms with Gasteiger partial charge >= 0.3 is 0 Å². The van der Waals surface area contributed by atoms with Crippen molar-refractivity contribution in [3.05, 3.63) is 65.0 Å². The Balaban J connectivity index is 1.50. The first-order valence-electron chi connectivity index (χ1n) is 9.56. The Morgan fingerprint density at radius 3 is 2.24 bits per heavy atom. The third-order valence-electron chi connectivity index (χ3n) is 5.11. The van der Waals surface area contributed by atoms with E-state index in [0.29, 0.717) is 11.6 Å². The number of piperazine rings is 1. The Hall–Kier alpha value is -3.48. The number of nitrogens with one attached hydrogen (secondary N) is 1. The average Bonchev–Trinajstić information content (AvgIpc) is 2.79. The van der Waals surface area contributed by atoms with Crippen LogP contribution in [0.5, 0.6) is 11.5 Å². The fourth-order valence-electron chi connectivity index (χ4n) is 3.49. The number of ether oxygens (including phenoxy) is 2. The third-order valence-corrected chi connectivity index (χ3v) is 5.11. The summed E-state index contributed by atoms with van der Waals surface area (Å²) >= 11 is 0. The normalized spacial score (nSPS) is 14.0. The number of H-pyrrole nitrogens is 1. The van der Waals surface area contributed by atoms with Crippen LogP contribution in [-0.2, 0) is 0 Å². The molecule has 7 nitrogen and oxygen atoms in total. The smallest absolute Gasteiger partial charge is 0.252 e. The first-order chi connectivity index (χ1) is 14.2. The van der Waals surface area contributed by atoms with Crippen LogP contribution in [0.25, 0.3) is 11.3 Å². The molecule has 0 saturated carbocycles. The number of nitrogens with zero attached hydrogens (tertiary/aromatic N) is 3. The predicted octanol–water partition coefficient (Wildman–Crippen LogP) is 2.78. The molecule has 0 bridgehead atoms. The van der Waals surface area contributed by atoms with E-state index in [4.69, 9.17) is 14.5 Å². The Labute approximate surface area is 169 Å². The number of methoxy groups -OCH3 is 2. The molecule has 0 radical (unpaired) electrons. The molecule has 3 aromatic rings. The molecule has 1 N–H and O–H groups in total. The average molecular weight is 392 g/mol. The molecule has 1 fully saturated rings. The summed E-state index contributed by atoms with van der Waals surface area (Å²) in [6.07, 6.45) is 0. The standard InChI is InChI=1S/C22H24N4O3/c1-28-18-8-6-16(7-9-18)20-15-21(27)24-22(23-20)26-12-10-25(11-13-26)17-4-3-5-19(14-17)29-2/h3-9,14-15H,10-13H2,1-2H3,(H,23,24,27). The molecule has 150 valence electrons. The maximum absolute atomic E-state index is 12.2. The molecule has 1 saturated heterocycles. The Morgan fingerprint density at radius 2 is 1.55 bits per heavy atom. The van der Waals surface area contributed by atoms with Crippen molar-refractivity contribution in [3.8, 4) is 22.8 Å². The second-order valence-electron chi connectivity index (χ2n) is 6.86. The van der Waals surface area contributed by atoms with Crippen LogP contribution in [0.15, 0.2) is 59.4 Å². The fraction of sp³-hybridized carbons (Fsp3) is 0.273. The minimum atomic E-state index is -0.156. The molecule has 29 heavy (non-hydrogen) atoms. The van der Waals surface area contributed by atoms with Crippen molar-refractivity contribution >= 4 is 11.6 Å². The van der Waals surface area contributed by atoms with E-state index < -0.39 is 0 Å². The Bertz CT molecular complexity index is 1020. The highest BCUT2D eigenvalue weighted by atomic mass is 16.5. The zero-order valence-electron chi connectivity index (χ0n) is 16.6. The van der Waals surface area contributed by atoms with Crippen molar-refractivity contribution in [2.45, 2.75) is 0 Å². The van der Waals surface area contributed by atoms with Gasteiger partial charge in [0.15, 0.2) is 0 Å². The monoisotopic (exact) mass is 392 g/mol. The van der Waals surface area contributed by atoms with Gasteiger partial charge in [0.2, 0.25) is 5.95 Å². The SMILES string of the molecule is COc1ccc(-c2cc(=O)[nH]c(N3CCN(c4cccc(OC)c4)CC3)n2)cc1. The van der Waals surface area contributed by atoms with Crippen molar-refractivity contribution in [2.24, 2.45) is 0 Å². The maximum atomic E-state index is 12.2. The van der Waals surface area contributed by atoms with Crippen LogP contribution in [0.3, 0.4) is 0 Å². The van der Waals surface area contributed by atoms with Gasteiger partial charge in [0, 0.05) is 49.6 Å². The molecule has 2 aromatic carbocycles. The molecule has 2 heterocycles. The van der Waals surface area contributed by atoms with Gasteiger partial charge in [0.05, 0.1) is 19.9 Å². The summed E-state index contributed by atoms with van der Waals surface area (Å²) in [6.45, 7) is 3.21. The molecule has 4 rings (SSSR count). The lowest BCUT2D eigenvalue weighted by Gasteiger charge is -2.36. The highest BCUT2D eigenvalue weighted by Gasteiger charge is 2.20. The first kappa shape index (κ1) is 18.9. The van der Waals surface area contributed by atoms with Crippen LogP contribution >= 0.6 is 0 Å². The highest BCUT2D eigenvalue weighted by molar-refractivity contribution is 5.61. The summed E-state index contributed by atoms with van der Waals surface area (Å²) in [5.41, 5.74) is 2.52. The number of benzene rings is 2. The fourth-order valence-corrected chi connectivity index (χ4v) is 3.49. The Morgan fingerprint density at radius 1 is 0.862 bits per heavy atom. The van der Waals surface area contributed by atoms with E-state index in [-0.39, 0.29) is 5.56 Å². The second-order valence-corrected chi connectivity index (χ2v) is 6.86. The molecule has 1 aliphatic heterocycles. The summed E-state index contributed by atoms with van der Waals surface area (Å²) in [4.78, 5) is 24.2. The number of hydrogen-bond acceptors (Lipinski definition) is 6. The van der Waals surface area contributed by atoms with E-state index in [1.54, 1.807) is 14.2 Å². The van der Waals surface area contributed by atoms with Gasteiger partial charge < -0.3 is 19.3 Å². The summed E-state index contributed by atoms with van der Waals surface area (Å²) in [6, 6.07) is 17.1. The van der Waals surface area contributed by atoms with Crippen LogP contribution in [-0.4, -0.2) is 50.4 Å². The van der Waals surface area contributed by atoms with E-state index in [2.05, 4.69) is 20.9 Å². The van der Waals surface area contributed by atoms with Crippen LogP contribution in [0.2, 0.25) is 0 Å². The Kier molecular flexibility index (Phi) is 5.37. The van der Waals surface area contributed by atoms with Crippen LogP contribution < -0.4 is 24.8 Å². The van der Waals surface area contributed by atoms with Crippen molar-refractivity contribution in [2.75, 3.05) is 50.2 Å². The number of anilines is 2. The lowest BCUT2D eigenvalue weighted by molar-refractivity contribution is 0.414. The van der Waals surface area contributed by atoms with Crippen LogP contribution in [0.4, 0.5) is 11.6 Å². The summed E-state index contributed by atoms with van der Waals surface area (Å²) < 4.78 is 10.5. The van der Waals surface area contributed by atoms with Gasteiger partial charge in [-0.2, -0.15) is 0 Å². The van der Waals surface area contributed by atoms with Crippen LogP contribution in [0, 0.1) is 0 Å². The van der Waals surface area contributed by atoms with Crippen molar-refractivity contribution in [3.63, 3.8) is 0 Å². The van der Waals surface area contributed by atoms with Gasteiger partial charge in [-0.25, -0.2) is 4.98 Å². The van der Waals surface area contributed by atoms with Gasteiger partial charge in [-0.05, 0) is 36.4 Å². The molecule has 1 aromatic heterocycles. The van der Waals surface area contributed by atoms with E-state index in [1.807, 2.05) is 42.5 Å². The van der Waals surface area contributed by atoms with E-state index in [0.717, 1.165) is 48.9 Å². The second kappa shape index (κ2) is 8.26. The lowest BCUT2D eigenvalue weighted by atomic mass is 10.1. The van der Waals surface area contributed by atoms with Crippen molar-refractivity contribution in [1.82, 2.24) is 9.97 Å². The van der Waals surface area contributed by atoms with Crippen molar-refractivity contribution in [1.29, 1.82) is 0 Å². The predicted molar refractivity (Wildman–Crippen MR) is 114 cm³/mol. The lowest BCUT2D eigenvalue weighted by Crippen LogP contribution is -2.47. The first-order valence-corrected chi connectivity index (χ1v) is 9.56. The van der Waals surface area contributed by atoms with Gasteiger partial charge in [0.25, 0.3) is 5.56 Å². The van der Waals surface area contributed by atoms with Gasteiger partial charge in [-0.1, -0.05) is 6.07 Å². The number of hydrogen-bond donors (Lipinski definition) is 1. The van der Waals surface area contributed by atoms with E-state index >= 15 is 0 Å². The topological polar surface area (TPSA) is 70.7 Å². The van der Waals surface area contributed by atoms with E-state index in [1.165, 1.54) is 6.07 Å². The number of rotatable bonds is 5. The van der Waals surface area contributed by atoms with Crippen LogP contribution in [0.1, 0.15) is 0 Å². The van der Waals surface area contributed by atoms with Gasteiger partial charge in [0.1, 0.15) is 11.5 Å². The van der Waals surface area contributed by atoms with Gasteiger partial charge in [-0.15, -0.1) is 0 Å². The third kappa shape index (κ3) is 4.18. The molecule has 0 spiro atoms. The number of aromatic amines is 1. The minimum absolute atomic E-state index is 0.156. The molecule has 0 amide bonds. The molecular formula is C22H24N4O3.